The second kappa shape index (κ2) is 5.07. The molecule has 1 saturated carbocycles. The Morgan fingerprint density at radius 1 is 1.10 bits per heavy atom. The molecule has 2 unspecified atom stereocenters. The highest BCUT2D eigenvalue weighted by Gasteiger charge is 2.41. The first kappa shape index (κ1) is 13.9. The van der Waals surface area contributed by atoms with Gasteiger partial charge in [-0.25, -0.2) is 0 Å². The largest absolute Gasteiger partial charge is 0.388 e. The molecule has 20 heavy (non-hydrogen) atoms. The lowest BCUT2D eigenvalue weighted by molar-refractivity contribution is 0.000522. The number of hydrogen-bond acceptors (Lipinski definition) is 2. The van der Waals surface area contributed by atoms with E-state index >= 15 is 0 Å². The summed E-state index contributed by atoms with van der Waals surface area (Å²) in [6.45, 7) is 4.67. The number of hydrogen-bond donors (Lipinski definition) is 2. The van der Waals surface area contributed by atoms with E-state index in [4.69, 9.17) is 0 Å². The van der Waals surface area contributed by atoms with Gasteiger partial charge in [0, 0.05) is 5.69 Å². The van der Waals surface area contributed by atoms with Gasteiger partial charge in [0.2, 0.25) is 0 Å². The molecule has 0 saturated heterocycles. The van der Waals surface area contributed by atoms with Crippen LogP contribution in [0.15, 0.2) is 24.3 Å². The van der Waals surface area contributed by atoms with Gasteiger partial charge in [-0.1, -0.05) is 32.0 Å². The third-order valence-corrected chi connectivity index (χ3v) is 5.40. The Morgan fingerprint density at radius 3 is 2.75 bits per heavy atom. The highest BCUT2D eigenvalue weighted by Crippen LogP contribution is 2.42. The van der Waals surface area contributed by atoms with Crippen molar-refractivity contribution in [2.45, 2.75) is 70.4 Å². The lowest BCUT2D eigenvalue weighted by atomic mass is 9.79. The van der Waals surface area contributed by atoms with Crippen LogP contribution < -0.4 is 5.32 Å². The van der Waals surface area contributed by atoms with Crippen LogP contribution in [0.2, 0.25) is 0 Å². The molecule has 0 radical (unpaired) electrons. The summed E-state index contributed by atoms with van der Waals surface area (Å²) in [4.78, 5) is 0. The number of fused-ring (bicyclic) bond motifs is 1. The van der Waals surface area contributed by atoms with E-state index in [1.54, 1.807) is 0 Å². The van der Waals surface area contributed by atoms with Gasteiger partial charge in [0.1, 0.15) is 0 Å². The summed E-state index contributed by atoms with van der Waals surface area (Å²) >= 11 is 0. The van der Waals surface area contributed by atoms with Crippen LogP contribution >= 0.6 is 0 Å². The summed E-state index contributed by atoms with van der Waals surface area (Å²) in [5.41, 5.74) is 2.47. The highest BCUT2D eigenvalue weighted by atomic mass is 16.3. The van der Waals surface area contributed by atoms with Gasteiger partial charge in [0.15, 0.2) is 0 Å². The summed E-state index contributed by atoms with van der Waals surface area (Å²) in [6.07, 6.45) is 7.51. The predicted molar refractivity (Wildman–Crippen MR) is 84.0 cm³/mol. The molecule has 0 bridgehead atoms. The van der Waals surface area contributed by atoms with Crippen molar-refractivity contribution < 1.29 is 5.11 Å². The van der Waals surface area contributed by atoms with E-state index in [1.165, 1.54) is 17.7 Å². The van der Waals surface area contributed by atoms with E-state index in [0.29, 0.717) is 5.41 Å². The molecule has 2 atom stereocenters. The number of rotatable bonds is 1. The van der Waals surface area contributed by atoms with Crippen molar-refractivity contribution in [1.29, 1.82) is 0 Å². The first-order chi connectivity index (χ1) is 9.49. The van der Waals surface area contributed by atoms with Crippen molar-refractivity contribution in [1.82, 2.24) is 0 Å². The zero-order valence-electron chi connectivity index (χ0n) is 12.8. The molecule has 1 heterocycles. The summed E-state index contributed by atoms with van der Waals surface area (Å²) in [7, 11) is 0. The van der Waals surface area contributed by atoms with Crippen LogP contribution in [0.1, 0.15) is 57.9 Å². The van der Waals surface area contributed by atoms with Gasteiger partial charge in [-0.15, -0.1) is 0 Å². The Morgan fingerprint density at radius 2 is 1.90 bits per heavy atom. The van der Waals surface area contributed by atoms with Gasteiger partial charge in [-0.05, 0) is 62.0 Å². The first-order valence-electron chi connectivity index (χ1n) is 8.05. The average Bonchev–Trinajstić information content (AvgIpc) is 2.58. The fourth-order valence-corrected chi connectivity index (χ4v) is 3.87. The zero-order valence-corrected chi connectivity index (χ0v) is 12.8. The van der Waals surface area contributed by atoms with Crippen molar-refractivity contribution in [3.63, 3.8) is 0 Å². The molecule has 110 valence electrons. The number of para-hydroxylation sites is 1. The number of aryl methyl sites for hydroxylation is 1. The average molecular weight is 273 g/mol. The molecule has 1 aromatic rings. The molecule has 2 aliphatic rings. The van der Waals surface area contributed by atoms with E-state index in [-0.39, 0.29) is 6.04 Å². The third kappa shape index (κ3) is 2.71. The molecule has 3 rings (SSSR count). The van der Waals surface area contributed by atoms with Crippen molar-refractivity contribution in [2.75, 3.05) is 5.32 Å². The molecule has 1 fully saturated rings. The molecule has 0 aromatic heterocycles. The lowest BCUT2D eigenvalue weighted by Gasteiger charge is -2.40. The maximum Gasteiger partial charge on any atom is 0.0848 e. The van der Waals surface area contributed by atoms with E-state index in [2.05, 4.69) is 43.4 Å². The van der Waals surface area contributed by atoms with E-state index in [1.807, 2.05) is 0 Å². The third-order valence-electron chi connectivity index (χ3n) is 5.40. The van der Waals surface area contributed by atoms with Crippen LogP contribution in [0.4, 0.5) is 5.69 Å². The van der Waals surface area contributed by atoms with E-state index in [0.717, 1.165) is 38.5 Å². The summed E-state index contributed by atoms with van der Waals surface area (Å²) < 4.78 is 0. The molecule has 0 spiro atoms. The molecule has 2 heteroatoms. The highest BCUT2D eigenvalue weighted by molar-refractivity contribution is 5.54. The maximum atomic E-state index is 11.2. The minimum Gasteiger partial charge on any atom is -0.388 e. The van der Waals surface area contributed by atoms with Crippen LogP contribution in [0, 0.1) is 5.41 Å². The van der Waals surface area contributed by atoms with Crippen LogP contribution in [0.25, 0.3) is 0 Å². The topological polar surface area (TPSA) is 32.3 Å². The number of benzene rings is 1. The summed E-state index contributed by atoms with van der Waals surface area (Å²) in [5.74, 6) is 0. The van der Waals surface area contributed by atoms with Gasteiger partial charge in [-0.2, -0.15) is 0 Å². The molecule has 0 amide bonds. The molecular weight excluding hydrogens is 246 g/mol. The normalized spacial score (nSPS) is 32.9. The number of anilines is 1. The van der Waals surface area contributed by atoms with E-state index < -0.39 is 5.60 Å². The minimum absolute atomic E-state index is 0.214. The fourth-order valence-electron chi connectivity index (χ4n) is 3.87. The molecule has 1 aromatic carbocycles. The Bertz CT molecular complexity index is 482. The van der Waals surface area contributed by atoms with Crippen molar-refractivity contribution in [3.8, 4) is 0 Å². The van der Waals surface area contributed by atoms with Gasteiger partial charge in [0.25, 0.3) is 0 Å². The van der Waals surface area contributed by atoms with Gasteiger partial charge >= 0.3 is 0 Å². The smallest absolute Gasteiger partial charge is 0.0848 e. The second-order valence-electron chi connectivity index (χ2n) is 7.51. The molecular formula is C18H27NO. The zero-order chi connectivity index (χ0) is 14.2. The molecule has 2 nitrogen and oxygen atoms in total. The SMILES string of the molecule is CC1(C)CCCC(O)(C2CCc3ccccc3N2)CC1. The van der Waals surface area contributed by atoms with Gasteiger partial charge < -0.3 is 10.4 Å². The standard InChI is InChI=1S/C18H27NO/c1-17(2)10-5-11-18(20,13-12-17)16-9-8-14-6-3-4-7-15(14)19-16/h3-4,6-7,16,19-20H,5,8-13H2,1-2H3. The fraction of sp³-hybridized carbons (Fsp3) is 0.667. The van der Waals surface area contributed by atoms with Crippen LogP contribution in [-0.4, -0.2) is 16.7 Å². The number of aliphatic hydroxyl groups is 1. The molecule has 1 aliphatic carbocycles. The maximum absolute atomic E-state index is 11.2. The van der Waals surface area contributed by atoms with Crippen LogP contribution in [0.5, 0.6) is 0 Å². The van der Waals surface area contributed by atoms with Crippen molar-refractivity contribution in [2.24, 2.45) is 5.41 Å². The number of nitrogens with one attached hydrogen (secondary N) is 1. The quantitative estimate of drug-likeness (QED) is 0.754. The Hall–Kier alpha value is -1.02. The Labute approximate surface area is 122 Å². The molecule has 2 N–H and O–H groups in total. The van der Waals surface area contributed by atoms with Gasteiger partial charge in [-0.3, -0.25) is 0 Å². The monoisotopic (exact) mass is 273 g/mol. The van der Waals surface area contributed by atoms with Crippen LogP contribution in [-0.2, 0) is 6.42 Å². The summed E-state index contributed by atoms with van der Waals surface area (Å²) in [6, 6.07) is 8.73. The first-order valence-corrected chi connectivity index (χ1v) is 8.05. The lowest BCUT2D eigenvalue weighted by Crippen LogP contribution is -2.48. The van der Waals surface area contributed by atoms with Gasteiger partial charge in [0.05, 0.1) is 11.6 Å². The Kier molecular flexibility index (Phi) is 3.53. The minimum atomic E-state index is -0.526. The summed E-state index contributed by atoms with van der Waals surface area (Å²) in [5, 5.41) is 14.8. The van der Waals surface area contributed by atoms with E-state index in [9.17, 15) is 5.11 Å². The van der Waals surface area contributed by atoms with Crippen molar-refractivity contribution in [3.05, 3.63) is 29.8 Å². The second-order valence-corrected chi connectivity index (χ2v) is 7.51. The molecule has 1 aliphatic heterocycles. The predicted octanol–water partition coefficient (Wildman–Crippen LogP) is 4.13. The Balaban J connectivity index is 1.76. The van der Waals surface area contributed by atoms with Crippen LogP contribution in [0.3, 0.4) is 0 Å². The van der Waals surface area contributed by atoms with Crippen molar-refractivity contribution >= 4 is 5.69 Å².